The SMILES string of the molecule is CCc1nc(-c2cc(Br)cs2)[nH]c(=O)c1I. The zero-order valence-corrected chi connectivity index (χ0v) is 12.9. The largest absolute Gasteiger partial charge is 0.305 e. The van der Waals surface area contributed by atoms with E-state index in [0.29, 0.717) is 9.39 Å². The predicted molar refractivity (Wildman–Crippen MR) is 78.0 cm³/mol. The highest BCUT2D eigenvalue weighted by Gasteiger charge is 2.10. The van der Waals surface area contributed by atoms with Crippen LogP contribution in [0.25, 0.3) is 10.7 Å². The number of halogens is 2. The van der Waals surface area contributed by atoms with Crippen molar-refractivity contribution in [1.82, 2.24) is 9.97 Å². The summed E-state index contributed by atoms with van der Waals surface area (Å²) < 4.78 is 1.69. The van der Waals surface area contributed by atoms with Gasteiger partial charge in [0.2, 0.25) is 0 Å². The van der Waals surface area contributed by atoms with Gasteiger partial charge in [-0.05, 0) is 51.0 Å². The molecular formula is C10H8BrIN2OS. The first kappa shape index (κ1) is 12.3. The van der Waals surface area contributed by atoms with Crippen LogP contribution in [-0.4, -0.2) is 9.97 Å². The van der Waals surface area contributed by atoms with Crippen LogP contribution in [0.2, 0.25) is 0 Å². The third-order valence-electron chi connectivity index (χ3n) is 2.07. The maximum absolute atomic E-state index is 11.7. The lowest BCUT2D eigenvalue weighted by Gasteiger charge is -2.02. The summed E-state index contributed by atoms with van der Waals surface area (Å²) in [7, 11) is 0. The highest BCUT2D eigenvalue weighted by Crippen LogP contribution is 2.27. The number of hydrogen-bond acceptors (Lipinski definition) is 3. The van der Waals surface area contributed by atoms with Crippen molar-refractivity contribution in [2.24, 2.45) is 0 Å². The van der Waals surface area contributed by atoms with Crippen LogP contribution >= 0.6 is 49.9 Å². The van der Waals surface area contributed by atoms with Crippen molar-refractivity contribution in [2.75, 3.05) is 0 Å². The molecule has 0 saturated carbocycles. The monoisotopic (exact) mass is 410 g/mol. The standard InChI is InChI=1S/C10H8BrIN2OS/c1-2-6-8(12)10(15)14-9(13-6)7-3-5(11)4-16-7/h3-4H,2H2,1H3,(H,13,14,15). The second kappa shape index (κ2) is 4.97. The third-order valence-corrected chi connectivity index (χ3v) is 4.88. The molecule has 2 heterocycles. The molecule has 2 rings (SSSR count). The summed E-state index contributed by atoms with van der Waals surface area (Å²) in [6.07, 6.45) is 0.766. The first-order valence-corrected chi connectivity index (χ1v) is 7.40. The van der Waals surface area contributed by atoms with Crippen molar-refractivity contribution in [1.29, 1.82) is 0 Å². The molecule has 0 fully saturated rings. The van der Waals surface area contributed by atoms with Crippen LogP contribution in [0.5, 0.6) is 0 Å². The molecule has 0 spiro atoms. The number of nitrogens with zero attached hydrogens (tertiary/aromatic N) is 1. The molecule has 16 heavy (non-hydrogen) atoms. The van der Waals surface area contributed by atoms with Gasteiger partial charge in [-0.3, -0.25) is 4.79 Å². The van der Waals surface area contributed by atoms with Crippen molar-refractivity contribution in [3.05, 3.63) is 35.5 Å². The maximum atomic E-state index is 11.7. The Morgan fingerprint density at radius 3 is 2.94 bits per heavy atom. The Labute approximate surface area is 119 Å². The fraction of sp³-hybridized carbons (Fsp3) is 0.200. The summed E-state index contributed by atoms with van der Waals surface area (Å²) in [6, 6.07) is 1.95. The lowest BCUT2D eigenvalue weighted by atomic mass is 10.3. The van der Waals surface area contributed by atoms with Gasteiger partial charge in [0, 0.05) is 9.85 Å². The molecular weight excluding hydrogens is 403 g/mol. The molecule has 0 unspecified atom stereocenters. The van der Waals surface area contributed by atoms with Gasteiger partial charge in [-0.25, -0.2) is 4.98 Å². The normalized spacial score (nSPS) is 10.7. The van der Waals surface area contributed by atoms with E-state index >= 15 is 0 Å². The zero-order valence-electron chi connectivity index (χ0n) is 8.38. The topological polar surface area (TPSA) is 45.8 Å². The number of thiophene rings is 1. The fourth-order valence-corrected chi connectivity index (χ4v) is 3.30. The molecule has 0 aromatic carbocycles. The predicted octanol–water partition coefficient (Wildman–Crippen LogP) is 3.43. The summed E-state index contributed by atoms with van der Waals surface area (Å²) in [4.78, 5) is 19.9. The van der Waals surface area contributed by atoms with E-state index in [1.54, 1.807) is 11.3 Å². The molecule has 0 aliphatic carbocycles. The van der Waals surface area contributed by atoms with Crippen LogP contribution in [0, 0.1) is 3.57 Å². The number of hydrogen-bond donors (Lipinski definition) is 1. The minimum Gasteiger partial charge on any atom is -0.305 e. The zero-order chi connectivity index (χ0) is 11.7. The van der Waals surface area contributed by atoms with E-state index in [-0.39, 0.29) is 5.56 Å². The van der Waals surface area contributed by atoms with Gasteiger partial charge >= 0.3 is 0 Å². The molecule has 0 amide bonds. The number of nitrogens with one attached hydrogen (secondary N) is 1. The van der Waals surface area contributed by atoms with E-state index in [9.17, 15) is 4.79 Å². The Balaban J connectivity index is 2.59. The first-order valence-electron chi connectivity index (χ1n) is 4.65. The van der Waals surface area contributed by atoms with Crippen molar-refractivity contribution in [3.63, 3.8) is 0 Å². The Hall–Kier alpha value is -0.210. The lowest BCUT2D eigenvalue weighted by Crippen LogP contribution is -2.15. The molecule has 0 atom stereocenters. The number of aryl methyl sites for hydroxylation is 1. The molecule has 0 aliphatic rings. The van der Waals surface area contributed by atoms with Crippen molar-refractivity contribution in [3.8, 4) is 10.7 Å². The van der Waals surface area contributed by atoms with Gasteiger partial charge < -0.3 is 4.98 Å². The Kier molecular flexibility index (Phi) is 3.81. The average Bonchev–Trinajstić information content (AvgIpc) is 2.69. The molecule has 0 radical (unpaired) electrons. The van der Waals surface area contributed by atoms with Crippen LogP contribution in [0.3, 0.4) is 0 Å². The third kappa shape index (κ3) is 2.38. The minimum absolute atomic E-state index is 0.0630. The van der Waals surface area contributed by atoms with Crippen LogP contribution in [0.1, 0.15) is 12.6 Å². The van der Waals surface area contributed by atoms with Gasteiger partial charge in [0.25, 0.3) is 5.56 Å². The van der Waals surface area contributed by atoms with E-state index in [4.69, 9.17) is 0 Å². The van der Waals surface area contributed by atoms with E-state index in [0.717, 1.165) is 21.5 Å². The molecule has 2 aromatic heterocycles. The lowest BCUT2D eigenvalue weighted by molar-refractivity contribution is 0.971. The quantitative estimate of drug-likeness (QED) is 0.771. The van der Waals surface area contributed by atoms with Crippen LogP contribution in [0.15, 0.2) is 20.7 Å². The van der Waals surface area contributed by atoms with Crippen LogP contribution in [0.4, 0.5) is 0 Å². The van der Waals surface area contributed by atoms with Crippen molar-refractivity contribution >= 4 is 49.9 Å². The van der Waals surface area contributed by atoms with Gasteiger partial charge in [-0.2, -0.15) is 0 Å². The molecule has 0 aliphatic heterocycles. The van der Waals surface area contributed by atoms with E-state index < -0.39 is 0 Å². The highest BCUT2D eigenvalue weighted by molar-refractivity contribution is 14.1. The van der Waals surface area contributed by atoms with Gasteiger partial charge in [0.1, 0.15) is 0 Å². The molecule has 0 bridgehead atoms. The fourth-order valence-electron chi connectivity index (χ4n) is 1.29. The molecule has 2 aromatic rings. The van der Waals surface area contributed by atoms with Gasteiger partial charge in [-0.15, -0.1) is 11.3 Å². The van der Waals surface area contributed by atoms with E-state index in [1.165, 1.54) is 0 Å². The molecule has 3 nitrogen and oxygen atoms in total. The molecule has 0 saturated heterocycles. The number of rotatable bonds is 2. The summed E-state index contributed by atoms with van der Waals surface area (Å²) in [5.74, 6) is 0.651. The van der Waals surface area contributed by atoms with Gasteiger partial charge in [0.05, 0.1) is 14.1 Å². The Morgan fingerprint density at radius 1 is 1.62 bits per heavy atom. The summed E-state index contributed by atoms with van der Waals surface area (Å²) in [5.41, 5.74) is 0.788. The van der Waals surface area contributed by atoms with E-state index in [1.807, 2.05) is 41.0 Å². The average molecular weight is 411 g/mol. The minimum atomic E-state index is -0.0630. The maximum Gasteiger partial charge on any atom is 0.264 e. The Morgan fingerprint density at radius 2 is 2.38 bits per heavy atom. The molecule has 6 heteroatoms. The molecule has 84 valence electrons. The first-order chi connectivity index (χ1) is 7.61. The summed E-state index contributed by atoms with van der Waals surface area (Å²) in [6.45, 7) is 2.00. The van der Waals surface area contributed by atoms with Crippen LogP contribution in [-0.2, 0) is 6.42 Å². The Bertz CT molecular complexity index is 578. The van der Waals surface area contributed by atoms with Crippen molar-refractivity contribution in [2.45, 2.75) is 13.3 Å². The van der Waals surface area contributed by atoms with Gasteiger partial charge in [0.15, 0.2) is 5.82 Å². The smallest absolute Gasteiger partial charge is 0.264 e. The second-order valence-corrected chi connectivity index (χ2v) is 6.06. The highest BCUT2D eigenvalue weighted by atomic mass is 127. The van der Waals surface area contributed by atoms with E-state index in [2.05, 4.69) is 25.9 Å². The number of aromatic nitrogens is 2. The number of H-pyrrole nitrogens is 1. The second-order valence-electron chi connectivity index (χ2n) is 3.16. The summed E-state index contributed by atoms with van der Waals surface area (Å²) >= 11 is 6.98. The summed E-state index contributed by atoms with van der Waals surface area (Å²) in [5, 5.41) is 1.97. The van der Waals surface area contributed by atoms with Crippen molar-refractivity contribution < 1.29 is 0 Å². The van der Waals surface area contributed by atoms with Crippen LogP contribution < -0.4 is 5.56 Å². The number of aromatic amines is 1. The van der Waals surface area contributed by atoms with Gasteiger partial charge in [-0.1, -0.05) is 6.92 Å². The molecule has 1 N–H and O–H groups in total.